The molecule has 30 heavy (non-hydrogen) atoms. The summed E-state index contributed by atoms with van der Waals surface area (Å²) in [5.74, 6) is -0.0898. The van der Waals surface area contributed by atoms with Crippen LogP contribution in [-0.4, -0.2) is 53.2 Å². The predicted octanol–water partition coefficient (Wildman–Crippen LogP) is 4.06. The van der Waals surface area contributed by atoms with E-state index in [2.05, 4.69) is 15.6 Å². The van der Waals surface area contributed by atoms with Crippen LogP contribution in [0.3, 0.4) is 0 Å². The van der Waals surface area contributed by atoms with Crippen molar-refractivity contribution >= 4 is 56.4 Å². The fraction of sp³-hybridized carbons (Fsp3) is 0.500. The Morgan fingerprint density at radius 2 is 2.00 bits per heavy atom. The summed E-state index contributed by atoms with van der Waals surface area (Å²) in [5.41, 5.74) is 0.424. The first kappa shape index (κ1) is 23.9. The van der Waals surface area contributed by atoms with Gasteiger partial charge < -0.3 is 20.1 Å². The molecular weight excluding hydrogens is 426 g/mol. The number of benzene rings is 1. The van der Waals surface area contributed by atoms with Crippen molar-refractivity contribution in [1.29, 1.82) is 0 Å². The standard InChI is InChI=1S/C20H27N3O5S2/c1-6-27-17(25)12-7-8-13-15(11-12)30-18(21-13)23-16(24)14(9-10-29-5)22-19(26)28-20(2,3)4/h7-8,11,14H,6,9-10H2,1-5H3,(H,22,26)(H,21,23,24). The Bertz CT molecular complexity index is 907. The van der Waals surface area contributed by atoms with Crippen LogP contribution in [0.15, 0.2) is 18.2 Å². The van der Waals surface area contributed by atoms with Gasteiger partial charge in [0.2, 0.25) is 5.91 Å². The van der Waals surface area contributed by atoms with Crippen LogP contribution < -0.4 is 10.6 Å². The van der Waals surface area contributed by atoms with Crippen molar-refractivity contribution in [1.82, 2.24) is 10.3 Å². The normalized spacial score (nSPS) is 12.3. The molecule has 2 rings (SSSR count). The highest BCUT2D eigenvalue weighted by Gasteiger charge is 2.25. The Balaban J connectivity index is 2.12. The molecule has 0 fully saturated rings. The van der Waals surface area contributed by atoms with Gasteiger partial charge in [0, 0.05) is 0 Å². The van der Waals surface area contributed by atoms with Crippen LogP contribution in [0, 0.1) is 0 Å². The van der Waals surface area contributed by atoms with Gasteiger partial charge in [-0.15, -0.1) is 0 Å². The molecule has 0 spiro atoms. The van der Waals surface area contributed by atoms with Crippen LogP contribution in [0.2, 0.25) is 0 Å². The number of carbonyl (C=O) groups is 3. The maximum absolute atomic E-state index is 12.8. The zero-order valence-electron chi connectivity index (χ0n) is 17.7. The number of ether oxygens (including phenoxy) is 2. The summed E-state index contributed by atoms with van der Waals surface area (Å²) in [6.45, 7) is 7.32. The number of hydrogen-bond donors (Lipinski definition) is 2. The average molecular weight is 454 g/mol. The van der Waals surface area contributed by atoms with Crippen LogP contribution in [0.1, 0.15) is 44.5 Å². The molecule has 0 aliphatic rings. The van der Waals surface area contributed by atoms with E-state index in [4.69, 9.17) is 9.47 Å². The number of rotatable bonds is 8. The molecule has 2 aromatic rings. The topological polar surface area (TPSA) is 107 Å². The van der Waals surface area contributed by atoms with Crippen LogP contribution in [0.25, 0.3) is 10.2 Å². The third-order valence-electron chi connectivity index (χ3n) is 3.75. The van der Waals surface area contributed by atoms with Gasteiger partial charge in [0.05, 0.1) is 22.4 Å². The number of thioether (sulfide) groups is 1. The number of nitrogens with one attached hydrogen (secondary N) is 2. The predicted molar refractivity (Wildman–Crippen MR) is 120 cm³/mol. The van der Waals surface area contributed by atoms with Gasteiger partial charge in [-0.3, -0.25) is 4.79 Å². The lowest BCUT2D eigenvalue weighted by atomic mass is 10.2. The van der Waals surface area contributed by atoms with Crippen LogP contribution in [-0.2, 0) is 14.3 Å². The van der Waals surface area contributed by atoms with Crippen molar-refractivity contribution in [2.24, 2.45) is 0 Å². The summed E-state index contributed by atoms with van der Waals surface area (Å²) in [6, 6.07) is 4.27. The zero-order valence-corrected chi connectivity index (χ0v) is 19.4. The molecule has 0 bridgehead atoms. The summed E-state index contributed by atoms with van der Waals surface area (Å²) in [4.78, 5) is 41.2. The Morgan fingerprint density at radius 1 is 1.27 bits per heavy atom. The minimum atomic E-state index is -0.755. The number of thiazole rings is 1. The van der Waals surface area contributed by atoms with Crippen molar-refractivity contribution in [2.75, 3.05) is 23.9 Å². The number of carbonyl (C=O) groups excluding carboxylic acids is 3. The summed E-state index contributed by atoms with van der Waals surface area (Å²) in [5, 5.41) is 5.77. The molecule has 164 valence electrons. The van der Waals surface area contributed by atoms with Crippen LogP contribution >= 0.6 is 23.1 Å². The van der Waals surface area contributed by atoms with E-state index in [9.17, 15) is 14.4 Å². The van der Waals surface area contributed by atoms with E-state index in [1.165, 1.54) is 11.3 Å². The molecule has 0 radical (unpaired) electrons. The van der Waals surface area contributed by atoms with E-state index in [0.717, 1.165) is 4.70 Å². The maximum atomic E-state index is 12.8. The van der Waals surface area contributed by atoms with Gasteiger partial charge in [-0.1, -0.05) is 11.3 Å². The molecule has 1 atom stereocenters. The van der Waals surface area contributed by atoms with E-state index in [-0.39, 0.29) is 5.91 Å². The molecule has 0 saturated heterocycles. The Hall–Kier alpha value is -2.33. The van der Waals surface area contributed by atoms with Gasteiger partial charge in [0.25, 0.3) is 0 Å². The lowest BCUT2D eigenvalue weighted by Gasteiger charge is -2.23. The average Bonchev–Trinajstić information content (AvgIpc) is 3.05. The number of alkyl carbamates (subject to hydrolysis) is 1. The largest absolute Gasteiger partial charge is 0.462 e. The quantitative estimate of drug-likeness (QED) is 0.581. The minimum absolute atomic E-state index is 0.295. The Kier molecular flexibility index (Phi) is 8.48. The van der Waals surface area contributed by atoms with Gasteiger partial charge in [0.1, 0.15) is 11.6 Å². The molecule has 8 nitrogen and oxygen atoms in total. The maximum Gasteiger partial charge on any atom is 0.408 e. The second-order valence-corrected chi connectivity index (χ2v) is 9.41. The fourth-order valence-corrected chi connectivity index (χ4v) is 3.85. The minimum Gasteiger partial charge on any atom is -0.462 e. The van der Waals surface area contributed by atoms with E-state index in [1.807, 2.05) is 6.26 Å². The lowest BCUT2D eigenvalue weighted by Crippen LogP contribution is -2.46. The van der Waals surface area contributed by atoms with Crippen molar-refractivity contribution in [2.45, 2.75) is 45.8 Å². The van der Waals surface area contributed by atoms with Crippen molar-refractivity contribution in [3.63, 3.8) is 0 Å². The summed E-state index contributed by atoms with van der Waals surface area (Å²) in [6.07, 6.45) is 1.73. The van der Waals surface area contributed by atoms with Crippen molar-refractivity contribution < 1.29 is 23.9 Å². The highest BCUT2D eigenvalue weighted by Crippen LogP contribution is 2.27. The lowest BCUT2D eigenvalue weighted by molar-refractivity contribution is -0.118. The molecule has 10 heteroatoms. The SMILES string of the molecule is CCOC(=O)c1ccc2nc(NC(=O)C(CCSC)NC(=O)OC(C)(C)C)sc2c1. The second kappa shape index (κ2) is 10.6. The number of anilines is 1. The molecule has 1 aromatic heterocycles. The first-order valence-corrected chi connectivity index (χ1v) is 11.7. The summed E-state index contributed by atoms with van der Waals surface area (Å²) >= 11 is 2.82. The van der Waals surface area contributed by atoms with E-state index >= 15 is 0 Å². The van der Waals surface area contributed by atoms with Gasteiger partial charge in [-0.25, -0.2) is 14.6 Å². The van der Waals surface area contributed by atoms with Crippen molar-refractivity contribution in [3.8, 4) is 0 Å². The first-order chi connectivity index (χ1) is 14.1. The molecule has 1 heterocycles. The number of aromatic nitrogens is 1. The number of hydrogen-bond acceptors (Lipinski definition) is 8. The summed E-state index contributed by atoms with van der Waals surface area (Å²) < 4.78 is 11.0. The second-order valence-electron chi connectivity index (χ2n) is 7.39. The number of nitrogens with zero attached hydrogens (tertiary/aromatic N) is 1. The Morgan fingerprint density at radius 3 is 2.63 bits per heavy atom. The van der Waals surface area contributed by atoms with Crippen LogP contribution in [0.4, 0.5) is 9.93 Å². The van der Waals surface area contributed by atoms with E-state index < -0.39 is 23.7 Å². The first-order valence-electron chi connectivity index (χ1n) is 9.50. The third kappa shape index (κ3) is 7.17. The van der Waals surface area contributed by atoms with Gasteiger partial charge in [-0.2, -0.15) is 11.8 Å². The van der Waals surface area contributed by atoms with Gasteiger partial charge >= 0.3 is 12.1 Å². The van der Waals surface area contributed by atoms with Gasteiger partial charge in [0.15, 0.2) is 5.13 Å². The fourth-order valence-electron chi connectivity index (χ4n) is 2.47. The highest BCUT2D eigenvalue weighted by molar-refractivity contribution is 7.98. The molecule has 0 saturated carbocycles. The molecule has 2 amide bonds. The molecular formula is C20H27N3O5S2. The molecule has 0 aliphatic heterocycles. The third-order valence-corrected chi connectivity index (χ3v) is 5.33. The number of amides is 2. The zero-order chi connectivity index (χ0) is 22.3. The number of fused-ring (bicyclic) bond motifs is 1. The van der Waals surface area contributed by atoms with E-state index in [0.29, 0.717) is 35.0 Å². The monoisotopic (exact) mass is 453 g/mol. The molecule has 1 aromatic carbocycles. The molecule has 2 N–H and O–H groups in total. The molecule has 1 unspecified atom stereocenters. The van der Waals surface area contributed by atoms with Crippen LogP contribution in [0.5, 0.6) is 0 Å². The van der Waals surface area contributed by atoms with E-state index in [1.54, 1.807) is 57.7 Å². The smallest absolute Gasteiger partial charge is 0.408 e. The summed E-state index contributed by atoms with van der Waals surface area (Å²) in [7, 11) is 0. The molecule has 0 aliphatic carbocycles. The number of esters is 1. The van der Waals surface area contributed by atoms with Crippen molar-refractivity contribution in [3.05, 3.63) is 23.8 Å². The van der Waals surface area contributed by atoms with Gasteiger partial charge in [-0.05, 0) is 64.3 Å². The Labute approximate surface area is 184 Å². The highest BCUT2D eigenvalue weighted by atomic mass is 32.2.